The zero-order valence-corrected chi connectivity index (χ0v) is 11.9. The fourth-order valence-corrected chi connectivity index (χ4v) is 2.98. The number of nitro groups is 1. The lowest BCUT2D eigenvalue weighted by Gasteiger charge is -2.13. The molecular formula is C9H11BrN2O4S. The number of benzene rings is 1. The minimum absolute atomic E-state index is 0.0580. The van der Waals surface area contributed by atoms with Crippen LogP contribution in [-0.4, -0.2) is 31.7 Å². The molecule has 0 amide bonds. The summed E-state index contributed by atoms with van der Waals surface area (Å²) in [5, 5.41) is 10.7. The molecule has 0 aliphatic carbocycles. The fourth-order valence-electron chi connectivity index (χ4n) is 1.26. The standard InChI is InChI=1S/C9H11BrN2O4S/c1-6-4-7(10)8(12(13)14)5-9(6)17(15,16)11(2)3/h4-5H,1-3H3. The van der Waals surface area contributed by atoms with E-state index < -0.39 is 14.9 Å². The van der Waals surface area contributed by atoms with Gasteiger partial charge >= 0.3 is 0 Å². The molecule has 0 aliphatic heterocycles. The molecule has 0 atom stereocenters. The largest absolute Gasteiger partial charge is 0.284 e. The average molecular weight is 323 g/mol. The summed E-state index contributed by atoms with van der Waals surface area (Å²) >= 11 is 3.04. The van der Waals surface area contributed by atoms with E-state index in [-0.39, 0.29) is 15.1 Å². The van der Waals surface area contributed by atoms with Crippen LogP contribution < -0.4 is 0 Å². The second-order valence-corrected chi connectivity index (χ2v) is 6.59. The van der Waals surface area contributed by atoms with Crippen LogP contribution in [0.4, 0.5) is 5.69 Å². The Morgan fingerprint density at radius 3 is 2.29 bits per heavy atom. The highest BCUT2D eigenvalue weighted by Gasteiger charge is 2.24. The van der Waals surface area contributed by atoms with Crippen LogP contribution in [0.5, 0.6) is 0 Å². The maximum atomic E-state index is 11.9. The first-order chi connectivity index (χ1) is 7.67. The van der Waals surface area contributed by atoms with Crippen LogP contribution >= 0.6 is 15.9 Å². The van der Waals surface area contributed by atoms with Gasteiger partial charge in [0.15, 0.2) is 0 Å². The van der Waals surface area contributed by atoms with Crippen LogP contribution in [0, 0.1) is 17.0 Å². The molecule has 0 fully saturated rings. The van der Waals surface area contributed by atoms with Crippen molar-refractivity contribution in [3.8, 4) is 0 Å². The Hall–Kier alpha value is -0.990. The molecule has 0 bridgehead atoms. The molecule has 0 heterocycles. The Kier molecular flexibility index (Phi) is 3.90. The summed E-state index contributed by atoms with van der Waals surface area (Å²) in [5.41, 5.74) is 0.187. The summed E-state index contributed by atoms with van der Waals surface area (Å²) in [4.78, 5) is 10.1. The summed E-state index contributed by atoms with van der Waals surface area (Å²) in [5.74, 6) is 0. The van der Waals surface area contributed by atoms with Crippen molar-refractivity contribution < 1.29 is 13.3 Å². The molecule has 0 N–H and O–H groups in total. The summed E-state index contributed by atoms with van der Waals surface area (Å²) in [6.45, 7) is 1.59. The molecular weight excluding hydrogens is 312 g/mol. The van der Waals surface area contributed by atoms with Crippen molar-refractivity contribution in [2.75, 3.05) is 14.1 Å². The van der Waals surface area contributed by atoms with Gasteiger partial charge in [-0.05, 0) is 34.5 Å². The molecule has 0 saturated carbocycles. The van der Waals surface area contributed by atoms with Gasteiger partial charge in [0, 0.05) is 20.2 Å². The monoisotopic (exact) mass is 322 g/mol. The van der Waals surface area contributed by atoms with E-state index in [0.29, 0.717) is 5.56 Å². The van der Waals surface area contributed by atoms with Gasteiger partial charge in [-0.3, -0.25) is 10.1 Å². The zero-order chi connectivity index (χ0) is 13.4. The first kappa shape index (κ1) is 14.1. The van der Waals surface area contributed by atoms with Crippen LogP contribution in [0.15, 0.2) is 21.5 Å². The van der Waals surface area contributed by atoms with Gasteiger partial charge < -0.3 is 0 Å². The molecule has 94 valence electrons. The number of halogens is 1. The lowest BCUT2D eigenvalue weighted by atomic mass is 10.2. The maximum Gasteiger partial charge on any atom is 0.284 e. The third kappa shape index (κ3) is 2.64. The molecule has 6 nitrogen and oxygen atoms in total. The van der Waals surface area contributed by atoms with Crippen molar-refractivity contribution in [3.63, 3.8) is 0 Å². The van der Waals surface area contributed by atoms with Gasteiger partial charge in [0.05, 0.1) is 14.3 Å². The van der Waals surface area contributed by atoms with E-state index in [9.17, 15) is 18.5 Å². The van der Waals surface area contributed by atoms with Gasteiger partial charge in [-0.2, -0.15) is 0 Å². The second kappa shape index (κ2) is 4.71. The fraction of sp³-hybridized carbons (Fsp3) is 0.333. The number of aryl methyl sites for hydroxylation is 1. The predicted octanol–water partition coefficient (Wildman–Crippen LogP) is 1.92. The van der Waals surface area contributed by atoms with E-state index in [1.165, 1.54) is 20.2 Å². The highest BCUT2D eigenvalue weighted by molar-refractivity contribution is 9.10. The Labute approximate surface area is 108 Å². The van der Waals surface area contributed by atoms with Crippen molar-refractivity contribution in [1.29, 1.82) is 0 Å². The van der Waals surface area contributed by atoms with Gasteiger partial charge in [0.2, 0.25) is 10.0 Å². The molecule has 17 heavy (non-hydrogen) atoms. The van der Waals surface area contributed by atoms with Crippen molar-refractivity contribution in [2.24, 2.45) is 0 Å². The Balaban J connectivity index is 3.57. The minimum atomic E-state index is -3.67. The Bertz CT molecular complexity index is 569. The van der Waals surface area contributed by atoms with Crippen molar-refractivity contribution in [1.82, 2.24) is 4.31 Å². The van der Waals surface area contributed by atoms with Crippen LogP contribution in [0.25, 0.3) is 0 Å². The van der Waals surface area contributed by atoms with Gasteiger partial charge in [0.1, 0.15) is 0 Å². The summed E-state index contributed by atoms with van der Waals surface area (Å²) in [6, 6.07) is 2.49. The van der Waals surface area contributed by atoms with E-state index in [0.717, 1.165) is 10.4 Å². The highest BCUT2D eigenvalue weighted by atomic mass is 79.9. The average Bonchev–Trinajstić information content (AvgIpc) is 2.15. The Morgan fingerprint density at radius 1 is 1.35 bits per heavy atom. The molecule has 0 radical (unpaired) electrons. The number of nitro benzene ring substituents is 1. The quantitative estimate of drug-likeness (QED) is 0.629. The van der Waals surface area contributed by atoms with Gasteiger partial charge in [-0.1, -0.05) is 0 Å². The summed E-state index contributed by atoms with van der Waals surface area (Å²) in [7, 11) is -0.917. The zero-order valence-electron chi connectivity index (χ0n) is 9.47. The minimum Gasteiger partial charge on any atom is -0.258 e. The first-order valence-electron chi connectivity index (χ1n) is 4.55. The smallest absolute Gasteiger partial charge is 0.258 e. The molecule has 0 aliphatic rings. The number of hydrogen-bond acceptors (Lipinski definition) is 4. The van der Waals surface area contributed by atoms with Crippen molar-refractivity contribution >= 4 is 31.6 Å². The van der Waals surface area contributed by atoms with Crippen molar-refractivity contribution in [2.45, 2.75) is 11.8 Å². The van der Waals surface area contributed by atoms with Crippen molar-refractivity contribution in [3.05, 3.63) is 32.3 Å². The third-order valence-electron chi connectivity index (χ3n) is 2.20. The number of rotatable bonds is 3. The van der Waals surface area contributed by atoms with E-state index in [2.05, 4.69) is 15.9 Å². The molecule has 8 heteroatoms. The number of nitrogens with zero attached hydrogens (tertiary/aromatic N) is 2. The molecule has 1 aromatic rings. The lowest BCUT2D eigenvalue weighted by Crippen LogP contribution is -2.23. The molecule has 1 aromatic carbocycles. The lowest BCUT2D eigenvalue weighted by molar-refractivity contribution is -0.385. The summed E-state index contributed by atoms with van der Waals surface area (Å²) < 4.78 is 25.1. The SMILES string of the molecule is Cc1cc(Br)c([N+](=O)[O-])cc1S(=O)(=O)N(C)C. The predicted molar refractivity (Wildman–Crippen MR) is 66.4 cm³/mol. The van der Waals surface area contributed by atoms with E-state index in [1.807, 2.05) is 0 Å². The van der Waals surface area contributed by atoms with E-state index in [4.69, 9.17) is 0 Å². The van der Waals surface area contributed by atoms with Crippen LogP contribution in [-0.2, 0) is 10.0 Å². The third-order valence-corrected chi connectivity index (χ3v) is 4.79. The molecule has 0 aromatic heterocycles. The molecule has 0 spiro atoms. The summed E-state index contributed by atoms with van der Waals surface area (Å²) in [6.07, 6.45) is 0. The van der Waals surface area contributed by atoms with Gasteiger partial charge in [-0.15, -0.1) is 0 Å². The van der Waals surface area contributed by atoms with Gasteiger partial charge in [0.25, 0.3) is 5.69 Å². The van der Waals surface area contributed by atoms with Crippen LogP contribution in [0.2, 0.25) is 0 Å². The topological polar surface area (TPSA) is 80.5 Å². The van der Waals surface area contributed by atoms with E-state index >= 15 is 0 Å². The van der Waals surface area contributed by atoms with Crippen LogP contribution in [0.1, 0.15) is 5.56 Å². The van der Waals surface area contributed by atoms with Gasteiger partial charge in [-0.25, -0.2) is 12.7 Å². The maximum absolute atomic E-state index is 11.9. The normalized spacial score (nSPS) is 11.8. The first-order valence-corrected chi connectivity index (χ1v) is 6.78. The number of sulfonamides is 1. The van der Waals surface area contributed by atoms with Crippen LogP contribution in [0.3, 0.4) is 0 Å². The van der Waals surface area contributed by atoms with E-state index in [1.54, 1.807) is 6.92 Å². The molecule has 1 rings (SSSR count). The molecule has 0 saturated heterocycles. The Morgan fingerprint density at radius 2 is 1.88 bits per heavy atom. The number of hydrogen-bond donors (Lipinski definition) is 0. The molecule has 0 unspecified atom stereocenters. The second-order valence-electron chi connectivity index (χ2n) is 3.61. The highest BCUT2D eigenvalue weighted by Crippen LogP contribution is 2.31.